The summed E-state index contributed by atoms with van der Waals surface area (Å²) in [4.78, 5) is 31.1. The maximum Gasteiger partial charge on any atom is 0.269 e. The topological polar surface area (TPSA) is 79.6 Å². The number of hydrogen-bond donors (Lipinski definition) is 0. The first-order valence-corrected chi connectivity index (χ1v) is 8.66. The Morgan fingerprint density at radius 3 is 2.40 bits per heavy atom. The third-order valence-corrected chi connectivity index (χ3v) is 5.08. The number of nitro benzene ring substituents is 1. The number of carbonyl (C=O) groups is 1. The van der Waals surface area contributed by atoms with Gasteiger partial charge in [-0.05, 0) is 46.6 Å². The second-order valence-corrected chi connectivity index (χ2v) is 6.73. The van der Waals surface area contributed by atoms with E-state index in [1.165, 1.54) is 24.3 Å². The van der Waals surface area contributed by atoms with Crippen molar-refractivity contribution in [2.75, 3.05) is 31.1 Å². The highest BCUT2D eigenvalue weighted by molar-refractivity contribution is 9.10. The smallest absolute Gasteiger partial charge is 0.269 e. The van der Waals surface area contributed by atoms with E-state index in [9.17, 15) is 14.9 Å². The van der Waals surface area contributed by atoms with Crippen LogP contribution in [0, 0.1) is 17.0 Å². The molecule has 1 aliphatic heterocycles. The molecule has 0 N–H and O–H groups in total. The van der Waals surface area contributed by atoms with Crippen LogP contribution in [0.15, 0.2) is 41.0 Å². The van der Waals surface area contributed by atoms with E-state index in [1.807, 2.05) is 13.0 Å². The molecular weight excluding hydrogens is 388 g/mol. The Kier molecular flexibility index (Phi) is 4.98. The summed E-state index contributed by atoms with van der Waals surface area (Å²) in [5.41, 5.74) is 1.57. The number of anilines is 1. The monoisotopic (exact) mass is 404 g/mol. The lowest BCUT2D eigenvalue weighted by atomic mass is 10.1. The van der Waals surface area contributed by atoms with Gasteiger partial charge in [0.05, 0.1) is 4.92 Å². The van der Waals surface area contributed by atoms with Gasteiger partial charge < -0.3 is 9.80 Å². The first-order valence-electron chi connectivity index (χ1n) is 7.86. The van der Waals surface area contributed by atoms with Crippen molar-refractivity contribution in [2.45, 2.75) is 6.92 Å². The SMILES string of the molecule is Cc1cc(N2CCN(C(=O)c3ccc([N+](=O)[O-])cc3)CC2)ncc1Br. The molecule has 1 aromatic heterocycles. The van der Waals surface area contributed by atoms with Crippen molar-refractivity contribution < 1.29 is 9.72 Å². The molecule has 1 fully saturated rings. The van der Waals surface area contributed by atoms with Gasteiger partial charge in [0, 0.05) is 54.5 Å². The molecule has 0 radical (unpaired) electrons. The summed E-state index contributed by atoms with van der Waals surface area (Å²) in [6, 6.07) is 7.76. The Morgan fingerprint density at radius 1 is 1.20 bits per heavy atom. The lowest BCUT2D eigenvalue weighted by Crippen LogP contribution is -2.49. The largest absolute Gasteiger partial charge is 0.353 e. The first-order chi connectivity index (χ1) is 12.0. The lowest BCUT2D eigenvalue weighted by molar-refractivity contribution is -0.384. The summed E-state index contributed by atoms with van der Waals surface area (Å²) in [6.07, 6.45) is 1.79. The van der Waals surface area contributed by atoms with E-state index in [2.05, 4.69) is 25.8 Å². The molecule has 1 amide bonds. The Labute approximate surface area is 153 Å². The van der Waals surface area contributed by atoms with Gasteiger partial charge in [0.1, 0.15) is 5.82 Å². The van der Waals surface area contributed by atoms with Crippen molar-refractivity contribution in [2.24, 2.45) is 0 Å². The Hall–Kier alpha value is -2.48. The van der Waals surface area contributed by atoms with Crippen LogP contribution in [0.5, 0.6) is 0 Å². The number of amides is 1. The molecule has 0 saturated carbocycles. The van der Waals surface area contributed by atoms with Crippen molar-refractivity contribution in [3.63, 3.8) is 0 Å². The summed E-state index contributed by atoms with van der Waals surface area (Å²) >= 11 is 3.45. The van der Waals surface area contributed by atoms with Gasteiger partial charge in [0.15, 0.2) is 0 Å². The molecule has 3 rings (SSSR count). The fourth-order valence-corrected chi connectivity index (χ4v) is 2.96. The zero-order valence-corrected chi connectivity index (χ0v) is 15.3. The van der Waals surface area contributed by atoms with Gasteiger partial charge in [-0.3, -0.25) is 14.9 Å². The average Bonchev–Trinajstić information content (AvgIpc) is 2.63. The molecule has 0 unspecified atom stereocenters. The van der Waals surface area contributed by atoms with Gasteiger partial charge >= 0.3 is 0 Å². The van der Waals surface area contributed by atoms with Crippen molar-refractivity contribution in [3.05, 3.63) is 62.2 Å². The van der Waals surface area contributed by atoms with Gasteiger partial charge in [0.2, 0.25) is 0 Å². The summed E-state index contributed by atoms with van der Waals surface area (Å²) in [7, 11) is 0. The Bertz CT molecular complexity index is 802. The van der Waals surface area contributed by atoms with Crippen LogP contribution in [-0.4, -0.2) is 46.9 Å². The molecule has 0 aliphatic carbocycles. The predicted molar refractivity (Wildman–Crippen MR) is 97.9 cm³/mol. The number of nitro groups is 1. The van der Waals surface area contributed by atoms with E-state index in [4.69, 9.17) is 0 Å². The fourth-order valence-electron chi connectivity index (χ4n) is 2.74. The van der Waals surface area contributed by atoms with E-state index < -0.39 is 4.92 Å². The van der Waals surface area contributed by atoms with Crippen LogP contribution in [0.2, 0.25) is 0 Å². The van der Waals surface area contributed by atoms with Gasteiger partial charge in [-0.15, -0.1) is 0 Å². The quantitative estimate of drug-likeness (QED) is 0.580. The maximum atomic E-state index is 12.5. The highest BCUT2D eigenvalue weighted by atomic mass is 79.9. The minimum atomic E-state index is -0.472. The number of piperazine rings is 1. The molecule has 1 aromatic carbocycles. The highest BCUT2D eigenvalue weighted by Crippen LogP contribution is 2.21. The van der Waals surface area contributed by atoms with Crippen LogP contribution >= 0.6 is 15.9 Å². The number of benzene rings is 1. The van der Waals surface area contributed by atoms with Crippen molar-refractivity contribution >= 4 is 33.3 Å². The number of rotatable bonds is 3. The maximum absolute atomic E-state index is 12.5. The molecule has 2 aromatic rings. The molecule has 25 heavy (non-hydrogen) atoms. The third kappa shape index (κ3) is 3.79. The molecule has 0 atom stereocenters. The summed E-state index contributed by atoms with van der Waals surface area (Å²) in [5.74, 6) is 0.803. The minimum Gasteiger partial charge on any atom is -0.353 e. The minimum absolute atomic E-state index is 0.0157. The summed E-state index contributed by atoms with van der Waals surface area (Å²) in [5, 5.41) is 10.7. The van der Waals surface area contributed by atoms with E-state index in [1.54, 1.807) is 11.1 Å². The van der Waals surface area contributed by atoms with Crippen LogP contribution < -0.4 is 4.90 Å². The first kappa shape index (κ1) is 17.3. The van der Waals surface area contributed by atoms with E-state index in [0.717, 1.165) is 15.9 Å². The Morgan fingerprint density at radius 2 is 1.84 bits per heavy atom. The van der Waals surface area contributed by atoms with Gasteiger partial charge in [-0.25, -0.2) is 4.98 Å². The van der Waals surface area contributed by atoms with Crippen molar-refractivity contribution in [1.29, 1.82) is 0 Å². The van der Waals surface area contributed by atoms with E-state index >= 15 is 0 Å². The Balaban J connectivity index is 1.64. The van der Waals surface area contributed by atoms with E-state index in [0.29, 0.717) is 31.7 Å². The fraction of sp³-hybridized carbons (Fsp3) is 0.294. The van der Waals surface area contributed by atoms with Crippen LogP contribution in [0.3, 0.4) is 0 Å². The molecule has 8 heteroatoms. The number of non-ortho nitro benzene ring substituents is 1. The van der Waals surface area contributed by atoms with Gasteiger partial charge in [-0.1, -0.05) is 0 Å². The molecule has 1 saturated heterocycles. The predicted octanol–water partition coefficient (Wildman–Crippen LogP) is 3.02. The molecule has 0 spiro atoms. The number of aryl methyl sites for hydroxylation is 1. The normalized spacial score (nSPS) is 14.5. The van der Waals surface area contributed by atoms with E-state index in [-0.39, 0.29) is 11.6 Å². The average molecular weight is 405 g/mol. The van der Waals surface area contributed by atoms with Crippen LogP contribution in [0.1, 0.15) is 15.9 Å². The summed E-state index contributed by atoms with van der Waals surface area (Å²) in [6.45, 7) is 4.60. The van der Waals surface area contributed by atoms with Crippen LogP contribution in [0.25, 0.3) is 0 Å². The number of nitrogens with zero attached hydrogens (tertiary/aromatic N) is 4. The molecular formula is C17H17BrN4O3. The zero-order chi connectivity index (χ0) is 18.0. The van der Waals surface area contributed by atoms with Crippen LogP contribution in [0.4, 0.5) is 11.5 Å². The lowest BCUT2D eigenvalue weighted by Gasteiger charge is -2.35. The number of halogens is 1. The molecule has 1 aliphatic rings. The van der Waals surface area contributed by atoms with Crippen molar-refractivity contribution in [1.82, 2.24) is 9.88 Å². The third-order valence-electron chi connectivity index (χ3n) is 4.25. The standard InChI is InChI=1S/C17H17BrN4O3/c1-12-10-16(19-11-15(12)18)20-6-8-21(9-7-20)17(23)13-2-4-14(5-3-13)22(24)25/h2-5,10-11H,6-9H2,1H3. The number of hydrogen-bond acceptors (Lipinski definition) is 5. The molecule has 0 bridgehead atoms. The number of aromatic nitrogens is 1. The zero-order valence-electron chi connectivity index (χ0n) is 13.7. The second-order valence-electron chi connectivity index (χ2n) is 5.87. The number of pyridine rings is 1. The summed E-state index contributed by atoms with van der Waals surface area (Å²) < 4.78 is 0.975. The molecule has 7 nitrogen and oxygen atoms in total. The second kappa shape index (κ2) is 7.18. The van der Waals surface area contributed by atoms with Gasteiger partial charge in [-0.2, -0.15) is 0 Å². The van der Waals surface area contributed by atoms with Gasteiger partial charge in [0.25, 0.3) is 11.6 Å². The molecule has 130 valence electrons. The number of carbonyl (C=O) groups excluding carboxylic acids is 1. The van der Waals surface area contributed by atoms with Crippen LogP contribution in [-0.2, 0) is 0 Å². The molecule has 2 heterocycles. The van der Waals surface area contributed by atoms with Crippen molar-refractivity contribution in [3.8, 4) is 0 Å². The highest BCUT2D eigenvalue weighted by Gasteiger charge is 2.23.